The van der Waals surface area contributed by atoms with E-state index in [0.717, 1.165) is 31.5 Å². The molecule has 0 aliphatic carbocycles. The Hall–Kier alpha value is -1.20. The third kappa shape index (κ3) is 3.67. The van der Waals surface area contributed by atoms with E-state index in [9.17, 15) is 0 Å². The summed E-state index contributed by atoms with van der Waals surface area (Å²) in [4.78, 5) is 5.46. The topological polar surface area (TPSA) is 42.7 Å². The van der Waals surface area contributed by atoms with Crippen molar-refractivity contribution < 1.29 is 0 Å². The molecule has 4 nitrogen and oxygen atoms in total. The van der Waals surface area contributed by atoms with Gasteiger partial charge in [-0.3, -0.25) is 9.67 Å². The lowest BCUT2D eigenvalue weighted by Crippen LogP contribution is -2.22. The van der Waals surface area contributed by atoms with Crippen LogP contribution in [-0.4, -0.2) is 21.3 Å². The van der Waals surface area contributed by atoms with E-state index in [1.54, 1.807) is 11.3 Å². The van der Waals surface area contributed by atoms with E-state index >= 15 is 0 Å². The molecule has 0 saturated carbocycles. The van der Waals surface area contributed by atoms with Gasteiger partial charge in [-0.15, -0.1) is 11.3 Å². The van der Waals surface area contributed by atoms with Crippen molar-refractivity contribution in [3.05, 3.63) is 34.5 Å². The summed E-state index contributed by atoms with van der Waals surface area (Å²) in [5, 5.41) is 8.27. The summed E-state index contributed by atoms with van der Waals surface area (Å²) in [7, 11) is 0. The highest BCUT2D eigenvalue weighted by Gasteiger charge is 2.15. The van der Waals surface area contributed by atoms with Gasteiger partial charge in [0, 0.05) is 29.7 Å². The van der Waals surface area contributed by atoms with Gasteiger partial charge in [-0.05, 0) is 25.5 Å². The number of thiazole rings is 1. The van der Waals surface area contributed by atoms with Gasteiger partial charge in [0.05, 0.1) is 17.2 Å². The fourth-order valence-electron chi connectivity index (χ4n) is 2.48. The molecule has 0 radical (unpaired) electrons. The molecule has 1 unspecified atom stereocenters. The van der Waals surface area contributed by atoms with Crippen LogP contribution in [0.25, 0.3) is 0 Å². The van der Waals surface area contributed by atoms with Gasteiger partial charge in [0.15, 0.2) is 0 Å². The van der Waals surface area contributed by atoms with Crippen LogP contribution < -0.4 is 5.32 Å². The van der Waals surface area contributed by atoms with Crippen LogP contribution in [0, 0.1) is 0 Å². The summed E-state index contributed by atoms with van der Waals surface area (Å²) in [5.74, 6) is 0. The van der Waals surface area contributed by atoms with Gasteiger partial charge in [-0.2, -0.15) is 5.10 Å². The first kappa shape index (κ1) is 15.2. The summed E-state index contributed by atoms with van der Waals surface area (Å²) in [6, 6.07) is 2.98. The maximum absolute atomic E-state index is 4.75. The van der Waals surface area contributed by atoms with Gasteiger partial charge in [0.1, 0.15) is 0 Å². The Kier molecular flexibility index (Phi) is 5.73. The number of hydrogen-bond acceptors (Lipinski definition) is 4. The Balaban J connectivity index is 2.07. The van der Waals surface area contributed by atoms with Gasteiger partial charge in [0.2, 0.25) is 0 Å². The highest BCUT2D eigenvalue weighted by Crippen LogP contribution is 2.22. The number of aromatic nitrogens is 3. The Morgan fingerprint density at radius 1 is 1.30 bits per heavy atom. The van der Waals surface area contributed by atoms with Crippen LogP contribution in [-0.2, 0) is 6.42 Å². The zero-order valence-corrected chi connectivity index (χ0v) is 13.4. The maximum atomic E-state index is 4.75. The van der Waals surface area contributed by atoms with Crippen molar-refractivity contribution in [1.29, 1.82) is 0 Å². The normalized spacial score (nSPS) is 13.0. The lowest BCUT2D eigenvalue weighted by atomic mass is 10.1. The second kappa shape index (κ2) is 7.55. The third-order valence-electron chi connectivity index (χ3n) is 3.64. The fraction of sp³-hybridized carbons (Fsp3) is 0.600. The summed E-state index contributed by atoms with van der Waals surface area (Å²) in [5.41, 5.74) is 3.04. The summed E-state index contributed by atoms with van der Waals surface area (Å²) < 4.78 is 2.12. The first-order valence-electron chi connectivity index (χ1n) is 7.44. The van der Waals surface area contributed by atoms with E-state index in [0.29, 0.717) is 12.1 Å². The molecule has 1 atom stereocenters. The zero-order chi connectivity index (χ0) is 14.4. The molecule has 0 spiro atoms. The summed E-state index contributed by atoms with van der Waals surface area (Å²) >= 11 is 1.70. The van der Waals surface area contributed by atoms with Crippen LogP contribution >= 0.6 is 11.3 Å². The Morgan fingerprint density at radius 3 is 2.70 bits per heavy atom. The molecule has 0 aliphatic rings. The lowest BCUT2D eigenvalue weighted by molar-refractivity contribution is 0.423. The van der Waals surface area contributed by atoms with E-state index in [1.807, 2.05) is 11.7 Å². The van der Waals surface area contributed by atoms with Gasteiger partial charge in [0.25, 0.3) is 0 Å². The van der Waals surface area contributed by atoms with Crippen LogP contribution in [0.4, 0.5) is 0 Å². The quantitative estimate of drug-likeness (QED) is 0.808. The zero-order valence-electron chi connectivity index (χ0n) is 12.5. The van der Waals surface area contributed by atoms with Gasteiger partial charge in [-0.25, -0.2) is 0 Å². The highest BCUT2D eigenvalue weighted by molar-refractivity contribution is 7.09. The molecule has 0 bridgehead atoms. The van der Waals surface area contributed by atoms with Crippen molar-refractivity contribution in [3.8, 4) is 0 Å². The average Bonchev–Trinajstić information content (AvgIpc) is 3.11. The molecule has 20 heavy (non-hydrogen) atoms. The Labute approximate surface area is 125 Å². The van der Waals surface area contributed by atoms with Gasteiger partial charge in [-0.1, -0.05) is 20.8 Å². The molecule has 0 fully saturated rings. The van der Waals surface area contributed by atoms with E-state index in [2.05, 4.69) is 48.0 Å². The molecular formula is C15H24N4S. The monoisotopic (exact) mass is 292 g/mol. The van der Waals surface area contributed by atoms with Crippen molar-refractivity contribution in [3.63, 3.8) is 0 Å². The Bertz CT molecular complexity index is 488. The number of likely N-dealkylation sites (N-methyl/N-ethyl adjacent to an activating group) is 1. The first-order valence-corrected chi connectivity index (χ1v) is 8.32. The summed E-state index contributed by atoms with van der Waals surface area (Å²) in [6.07, 6.45) is 7.24. The Morgan fingerprint density at radius 2 is 2.10 bits per heavy atom. The van der Waals surface area contributed by atoms with Crippen molar-refractivity contribution in [2.45, 2.75) is 52.1 Å². The van der Waals surface area contributed by atoms with E-state index in [1.165, 1.54) is 4.88 Å². The molecule has 110 valence electrons. The number of hydrogen-bond donors (Lipinski definition) is 1. The number of nitrogens with zero attached hydrogens (tertiary/aromatic N) is 3. The molecular weight excluding hydrogens is 268 g/mol. The molecule has 0 aromatic carbocycles. The molecule has 2 aromatic heterocycles. The van der Waals surface area contributed by atoms with Crippen molar-refractivity contribution in [2.75, 3.05) is 6.54 Å². The minimum Gasteiger partial charge on any atom is -0.309 e. The lowest BCUT2D eigenvalue weighted by Gasteiger charge is -2.15. The molecule has 2 heterocycles. The standard InChI is InChI=1S/C15H24N4S/c1-4-13(5-2)19-8-7-12(18-19)9-14(17-6-3)15-10-16-11-20-15/h7-8,10-11,13-14,17H,4-6,9H2,1-3H3. The molecule has 2 rings (SSSR count). The predicted octanol–water partition coefficient (Wildman–Crippen LogP) is 3.59. The molecule has 5 heteroatoms. The first-order chi connectivity index (χ1) is 9.78. The summed E-state index contributed by atoms with van der Waals surface area (Å²) in [6.45, 7) is 7.52. The smallest absolute Gasteiger partial charge is 0.0794 e. The second-order valence-corrected chi connectivity index (χ2v) is 5.89. The largest absolute Gasteiger partial charge is 0.309 e. The van der Waals surface area contributed by atoms with Gasteiger partial charge >= 0.3 is 0 Å². The SMILES string of the molecule is CCNC(Cc1ccn(C(CC)CC)n1)c1cncs1. The molecule has 0 saturated heterocycles. The molecule has 2 aromatic rings. The highest BCUT2D eigenvalue weighted by atomic mass is 32.1. The van der Waals surface area contributed by atoms with E-state index < -0.39 is 0 Å². The van der Waals surface area contributed by atoms with Crippen LogP contribution in [0.5, 0.6) is 0 Å². The van der Waals surface area contributed by atoms with Crippen molar-refractivity contribution >= 4 is 11.3 Å². The average molecular weight is 292 g/mol. The second-order valence-electron chi connectivity index (χ2n) is 4.98. The van der Waals surface area contributed by atoms with Crippen molar-refractivity contribution in [2.24, 2.45) is 0 Å². The number of rotatable bonds is 8. The molecule has 0 amide bonds. The van der Waals surface area contributed by atoms with Crippen LogP contribution in [0.1, 0.15) is 56.3 Å². The van der Waals surface area contributed by atoms with Crippen LogP contribution in [0.3, 0.4) is 0 Å². The predicted molar refractivity (Wildman–Crippen MR) is 84.1 cm³/mol. The fourth-order valence-corrected chi connectivity index (χ4v) is 3.18. The third-order valence-corrected chi connectivity index (χ3v) is 4.53. The maximum Gasteiger partial charge on any atom is 0.0794 e. The van der Waals surface area contributed by atoms with E-state index in [-0.39, 0.29) is 0 Å². The number of nitrogens with one attached hydrogen (secondary N) is 1. The molecule has 1 N–H and O–H groups in total. The van der Waals surface area contributed by atoms with Crippen LogP contribution in [0.15, 0.2) is 24.0 Å². The molecule has 0 aliphatic heterocycles. The van der Waals surface area contributed by atoms with Crippen molar-refractivity contribution in [1.82, 2.24) is 20.1 Å². The van der Waals surface area contributed by atoms with E-state index in [4.69, 9.17) is 5.10 Å². The van der Waals surface area contributed by atoms with Gasteiger partial charge < -0.3 is 5.32 Å². The minimum absolute atomic E-state index is 0.317. The minimum atomic E-state index is 0.317. The van der Waals surface area contributed by atoms with Crippen LogP contribution in [0.2, 0.25) is 0 Å².